The topological polar surface area (TPSA) is 87.6 Å². The fourth-order valence-electron chi connectivity index (χ4n) is 2.82. The first-order chi connectivity index (χ1) is 13.8. The van der Waals surface area contributed by atoms with Gasteiger partial charge in [0.2, 0.25) is 0 Å². The van der Waals surface area contributed by atoms with Gasteiger partial charge in [-0.1, -0.05) is 12.1 Å². The van der Waals surface area contributed by atoms with E-state index in [9.17, 15) is 9.90 Å². The van der Waals surface area contributed by atoms with Crippen molar-refractivity contribution in [2.45, 2.75) is 64.8 Å². The van der Waals surface area contributed by atoms with E-state index in [0.717, 1.165) is 43.9 Å². The van der Waals surface area contributed by atoms with Crippen LogP contribution in [0, 0.1) is 0 Å². The van der Waals surface area contributed by atoms with Gasteiger partial charge in [-0.3, -0.25) is 24.5 Å². The third-order valence-electron chi connectivity index (χ3n) is 4.25. The number of hydrogen-bond acceptors (Lipinski definition) is 6. The Bertz CT molecular complexity index is 678. The predicted octanol–water partition coefficient (Wildman–Crippen LogP) is 3.42. The van der Waals surface area contributed by atoms with Crippen molar-refractivity contribution in [3.05, 3.63) is 60.2 Å². The van der Waals surface area contributed by atoms with Crippen molar-refractivity contribution in [1.82, 2.24) is 20.3 Å². The largest absolute Gasteiger partial charge is 0.480 e. The molecule has 0 spiro atoms. The minimum atomic E-state index is -0.895. The van der Waals surface area contributed by atoms with Crippen molar-refractivity contribution in [1.29, 1.82) is 0 Å². The molecular formula is C22H32N4O3. The Morgan fingerprint density at radius 1 is 1.07 bits per heavy atom. The minimum Gasteiger partial charge on any atom is -0.480 e. The highest BCUT2D eigenvalue weighted by atomic mass is 16.7. The second-order valence-corrected chi connectivity index (χ2v) is 8.07. The van der Waals surface area contributed by atoms with Crippen LogP contribution in [0.5, 0.6) is 0 Å². The summed E-state index contributed by atoms with van der Waals surface area (Å²) in [5, 5.41) is 9.40. The number of pyridine rings is 2. The Hall–Kier alpha value is -2.35. The summed E-state index contributed by atoms with van der Waals surface area (Å²) < 4.78 is 0. The monoisotopic (exact) mass is 400 g/mol. The minimum absolute atomic E-state index is 0.435. The molecule has 2 N–H and O–H groups in total. The molecule has 1 unspecified atom stereocenters. The van der Waals surface area contributed by atoms with Crippen LogP contribution in [0.15, 0.2) is 48.8 Å². The second-order valence-electron chi connectivity index (χ2n) is 8.07. The summed E-state index contributed by atoms with van der Waals surface area (Å²) in [6.45, 7) is 7.93. The van der Waals surface area contributed by atoms with E-state index in [4.69, 9.17) is 4.84 Å². The molecule has 2 heterocycles. The van der Waals surface area contributed by atoms with Crippen molar-refractivity contribution in [3.63, 3.8) is 0 Å². The molecule has 2 rings (SSSR count). The summed E-state index contributed by atoms with van der Waals surface area (Å²) in [6.07, 6.45) is 5.75. The molecule has 0 aliphatic rings. The summed E-state index contributed by atoms with van der Waals surface area (Å²) in [7, 11) is 0. The van der Waals surface area contributed by atoms with Gasteiger partial charge >= 0.3 is 5.97 Å². The van der Waals surface area contributed by atoms with Crippen molar-refractivity contribution < 1.29 is 14.7 Å². The van der Waals surface area contributed by atoms with Crippen LogP contribution >= 0.6 is 0 Å². The molecule has 2 aromatic rings. The second kappa shape index (κ2) is 11.6. The first-order valence-electron chi connectivity index (χ1n) is 10.0. The molecular weight excluding hydrogens is 368 g/mol. The van der Waals surface area contributed by atoms with Crippen molar-refractivity contribution >= 4 is 5.97 Å². The number of carboxylic acid groups (broad SMARTS) is 1. The van der Waals surface area contributed by atoms with Gasteiger partial charge in [-0.25, -0.2) is 0 Å². The molecule has 7 heteroatoms. The van der Waals surface area contributed by atoms with E-state index >= 15 is 0 Å². The Kier molecular flexibility index (Phi) is 9.18. The molecule has 0 saturated heterocycles. The van der Waals surface area contributed by atoms with Crippen LogP contribution in [0.3, 0.4) is 0 Å². The Morgan fingerprint density at radius 2 is 1.66 bits per heavy atom. The third-order valence-corrected chi connectivity index (χ3v) is 4.25. The quantitative estimate of drug-likeness (QED) is 0.417. The number of rotatable bonds is 12. The van der Waals surface area contributed by atoms with Crippen molar-refractivity contribution in [2.75, 3.05) is 6.54 Å². The van der Waals surface area contributed by atoms with Crippen molar-refractivity contribution in [3.8, 4) is 0 Å². The van der Waals surface area contributed by atoms with Gasteiger partial charge in [0, 0.05) is 25.5 Å². The number of hydrogen-bond donors (Lipinski definition) is 2. The van der Waals surface area contributed by atoms with E-state index in [1.807, 2.05) is 57.2 Å². The lowest BCUT2D eigenvalue weighted by Crippen LogP contribution is -2.41. The van der Waals surface area contributed by atoms with E-state index in [1.54, 1.807) is 12.4 Å². The molecule has 29 heavy (non-hydrogen) atoms. The molecule has 0 saturated carbocycles. The van der Waals surface area contributed by atoms with Crippen LogP contribution in [0.2, 0.25) is 0 Å². The molecule has 0 radical (unpaired) electrons. The van der Waals surface area contributed by atoms with E-state index in [-0.39, 0.29) is 0 Å². The maximum absolute atomic E-state index is 11.5. The maximum Gasteiger partial charge on any atom is 0.323 e. The molecule has 7 nitrogen and oxygen atoms in total. The van der Waals surface area contributed by atoms with Crippen molar-refractivity contribution in [2.24, 2.45) is 0 Å². The van der Waals surface area contributed by atoms with Crippen LogP contribution in [0.25, 0.3) is 0 Å². The zero-order valence-electron chi connectivity index (χ0n) is 17.5. The number of unbranched alkanes of at least 4 members (excludes halogenated alkanes) is 1. The van der Waals surface area contributed by atoms with Gasteiger partial charge in [0.05, 0.1) is 17.0 Å². The summed E-state index contributed by atoms with van der Waals surface area (Å²) >= 11 is 0. The number of hydroxylamine groups is 1. The zero-order valence-corrected chi connectivity index (χ0v) is 17.5. The van der Waals surface area contributed by atoms with Gasteiger partial charge in [0.1, 0.15) is 6.04 Å². The molecule has 0 bridgehead atoms. The number of nitrogens with one attached hydrogen (secondary N) is 1. The average molecular weight is 401 g/mol. The number of aliphatic carboxylic acids is 1. The molecule has 0 aromatic carbocycles. The van der Waals surface area contributed by atoms with Crippen LogP contribution in [-0.2, 0) is 22.7 Å². The first kappa shape index (κ1) is 22.9. The van der Waals surface area contributed by atoms with Crippen LogP contribution in [-0.4, -0.2) is 44.1 Å². The lowest BCUT2D eigenvalue weighted by molar-refractivity contribution is -0.150. The number of carboxylic acids is 1. The number of aromatic nitrogens is 2. The normalized spacial score (nSPS) is 12.8. The molecule has 0 amide bonds. The summed E-state index contributed by atoms with van der Waals surface area (Å²) in [6, 6.07) is 11.1. The highest BCUT2D eigenvalue weighted by molar-refractivity contribution is 5.73. The van der Waals surface area contributed by atoms with Gasteiger partial charge in [0.15, 0.2) is 0 Å². The SMILES string of the molecule is CC(C)(C)ONC(CCCCN(Cc1ccccn1)Cc1ccccn1)C(=O)O. The van der Waals surface area contributed by atoms with Gasteiger partial charge in [0.25, 0.3) is 0 Å². The summed E-state index contributed by atoms with van der Waals surface area (Å²) in [5.74, 6) is -0.895. The summed E-state index contributed by atoms with van der Waals surface area (Å²) in [5.41, 5.74) is 4.27. The molecule has 158 valence electrons. The van der Waals surface area contributed by atoms with E-state index in [0.29, 0.717) is 6.42 Å². The predicted molar refractivity (Wildman–Crippen MR) is 112 cm³/mol. The zero-order chi connectivity index (χ0) is 21.1. The Morgan fingerprint density at radius 3 is 2.10 bits per heavy atom. The molecule has 0 aliphatic carbocycles. The molecule has 0 fully saturated rings. The van der Waals surface area contributed by atoms with Gasteiger partial charge in [-0.15, -0.1) is 0 Å². The fraction of sp³-hybridized carbons (Fsp3) is 0.500. The van der Waals surface area contributed by atoms with E-state index < -0.39 is 17.6 Å². The third kappa shape index (κ3) is 9.60. The van der Waals surface area contributed by atoms with Crippen LogP contribution in [0.1, 0.15) is 51.4 Å². The molecule has 0 aliphatic heterocycles. The average Bonchev–Trinajstić information content (AvgIpc) is 2.67. The van der Waals surface area contributed by atoms with Crippen LogP contribution < -0.4 is 5.48 Å². The van der Waals surface area contributed by atoms with Gasteiger partial charge < -0.3 is 5.11 Å². The Labute approximate surface area is 173 Å². The van der Waals surface area contributed by atoms with Gasteiger partial charge in [-0.05, 0) is 70.8 Å². The van der Waals surface area contributed by atoms with Crippen LogP contribution in [0.4, 0.5) is 0 Å². The highest BCUT2D eigenvalue weighted by Crippen LogP contribution is 2.11. The van der Waals surface area contributed by atoms with E-state index in [1.165, 1.54) is 0 Å². The summed E-state index contributed by atoms with van der Waals surface area (Å²) in [4.78, 5) is 28.0. The lowest BCUT2D eigenvalue weighted by Gasteiger charge is -2.24. The fourth-order valence-corrected chi connectivity index (χ4v) is 2.82. The number of carbonyl (C=O) groups is 1. The van der Waals surface area contributed by atoms with Gasteiger partial charge in [-0.2, -0.15) is 5.48 Å². The number of nitrogens with zero attached hydrogens (tertiary/aromatic N) is 3. The lowest BCUT2D eigenvalue weighted by atomic mass is 10.1. The maximum atomic E-state index is 11.5. The standard InChI is InChI=1S/C22H32N4O3/c1-22(2,3)29-25-20(21(27)28)12-6-9-15-26(16-18-10-4-7-13-23-18)17-19-11-5-8-14-24-19/h4-5,7-8,10-11,13-14,20,25H,6,9,12,15-17H2,1-3H3,(H,27,28). The Balaban J connectivity index is 1.86. The first-order valence-corrected chi connectivity index (χ1v) is 10.0. The molecule has 1 atom stereocenters. The van der Waals surface area contributed by atoms with E-state index in [2.05, 4.69) is 20.3 Å². The molecule has 2 aromatic heterocycles. The smallest absolute Gasteiger partial charge is 0.323 e. The highest BCUT2D eigenvalue weighted by Gasteiger charge is 2.20.